The predicted molar refractivity (Wildman–Crippen MR) is 95.4 cm³/mol. The number of halogens is 2. The molecule has 1 aliphatic heterocycles. The van der Waals surface area contributed by atoms with Crippen LogP contribution < -0.4 is 10.2 Å². The smallest absolute Gasteiger partial charge is 0.223 e. The van der Waals surface area contributed by atoms with Gasteiger partial charge in [-0.15, -0.1) is 0 Å². The summed E-state index contributed by atoms with van der Waals surface area (Å²) in [5.74, 6) is -0.586. The van der Waals surface area contributed by atoms with Crippen LogP contribution in [0.2, 0.25) is 0 Å². The lowest BCUT2D eigenvalue weighted by molar-refractivity contribution is 0.238. The van der Waals surface area contributed by atoms with Gasteiger partial charge in [0.2, 0.25) is 5.43 Å². The molecule has 3 aromatic rings. The Morgan fingerprint density at radius 1 is 1.30 bits per heavy atom. The van der Waals surface area contributed by atoms with Crippen molar-refractivity contribution in [3.63, 3.8) is 0 Å². The molecule has 0 bridgehead atoms. The number of imidazole rings is 1. The maximum atomic E-state index is 14.0. The predicted octanol–water partition coefficient (Wildman–Crippen LogP) is 2.61. The van der Waals surface area contributed by atoms with E-state index in [1.807, 2.05) is 0 Å². The van der Waals surface area contributed by atoms with Gasteiger partial charge in [-0.25, -0.2) is 13.8 Å². The second kappa shape index (κ2) is 6.96. The summed E-state index contributed by atoms with van der Waals surface area (Å²) in [7, 11) is 1.45. The number of pyridine rings is 1. The minimum Gasteiger partial charge on any atom is -0.491 e. The van der Waals surface area contributed by atoms with E-state index in [4.69, 9.17) is 4.74 Å². The SMILES string of the molecule is COc1c[nH]c(CN2CCc3nc(-c4ccc(F)cc4F)[nH]c3C2)cc1=O. The number of methoxy groups -OCH3 is 1. The lowest BCUT2D eigenvalue weighted by atomic mass is 10.1. The van der Waals surface area contributed by atoms with Crippen LogP contribution in [-0.2, 0) is 19.5 Å². The summed E-state index contributed by atoms with van der Waals surface area (Å²) in [6, 6.07) is 4.98. The number of ether oxygens (including phenoxy) is 1. The van der Waals surface area contributed by atoms with Gasteiger partial charge in [0.15, 0.2) is 5.75 Å². The number of rotatable bonds is 4. The quantitative estimate of drug-likeness (QED) is 0.738. The summed E-state index contributed by atoms with van der Waals surface area (Å²) in [6.07, 6.45) is 2.26. The standard InChI is InChI=1S/C19H18F2N4O2/c1-27-18-8-22-12(7-17(18)26)9-25-5-4-15-16(10-25)24-19(23-15)13-3-2-11(20)6-14(13)21/h2-3,6-8H,4-5,9-10H2,1H3,(H,22,26)(H,23,24). The second-order valence-corrected chi connectivity index (χ2v) is 6.49. The van der Waals surface area contributed by atoms with Gasteiger partial charge in [0, 0.05) is 50.1 Å². The normalized spacial score (nSPS) is 14.2. The fraction of sp³-hybridized carbons (Fsp3) is 0.263. The number of H-pyrrole nitrogens is 2. The van der Waals surface area contributed by atoms with E-state index in [2.05, 4.69) is 19.9 Å². The Morgan fingerprint density at radius 3 is 2.89 bits per heavy atom. The monoisotopic (exact) mass is 372 g/mol. The lowest BCUT2D eigenvalue weighted by Crippen LogP contribution is -2.30. The molecule has 0 atom stereocenters. The number of aromatic nitrogens is 3. The molecule has 0 saturated carbocycles. The van der Waals surface area contributed by atoms with Gasteiger partial charge in [-0.05, 0) is 12.1 Å². The van der Waals surface area contributed by atoms with Crippen LogP contribution in [0.1, 0.15) is 17.1 Å². The van der Waals surface area contributed by atoms with Crippen LogP contribution in [0.25, 0.3) is 11.4 Å². The van der Waals surface area contributed by atoms with Crippen molar-refractivity contribution >= 4 is 0 Å². The molecule has 0 radical (unpaired) electrons. The van der Waals surface area contributed by atoms with E-state index < -0.39 is 11.6 Å². The van der Waals surface area contributed by atoms with E-state index in [1.165, 1.54) is 25.3 Å². The largest absolute Gasteiger partial charge is 0.491 e. The third kappa shape index (κ3) is 3.48. The molecule has 2 aromatic heterocycles. The highest BCUT2D eigenvalue weighted by atomic mass is 19.1. The molecule has 140 valence electrons. The van der Waals surface area contributed by atoms with E-state index in [0.717, 1.165) is 29.7 Å². The summed E-state index contributed by atoms with van der Waals surface area (Å²) >= 11 is 0. The molecule has 0 amide bonds. The van der Waals surface area contributed by atoms with Crippen LogP contribution in [0.5, 0.6) is 5.75 Å². The lowest BCUT2D eigenvalue weighted by Gasteiger charge is -2.25. The van der Waals surface area contributed by atoms with Crippen LogP contribution in [0.15, 0.2) is 35.3 Å². The Labute approximate surface area is 153 Å². The highest BCUT2D eigenvalue weighted by Gasteiger charge is 2.22. The van der Waals surface area contributed by atoms with Crippen molar-refractivity contribution < 1.29 is 13.5 Å². The molecule has 27 heavy (non-hydrogen) atoms. The van der Waals surface area contributed by atoms with Crippen molar-refractivity contribution in [2.45, 2.75) is 19.5 Å². The van der Waals surface area contributed by atoms with Crippen LogP contribution in [-0.4, -0.2) is 33.5 Å². The Morgan fingerprint density at radius 2 is 2.15 bits per heavy atom. The average molecular weight is 372 g/mol. The third-order valence-electron chi connectivity index (χ3n) is 4.65. The first-order valence-electron chi connectivity index (χ1n) is 8.54. The van der Waals surface area contributed by atoms with Crippen LogP contribution >= 0.6 is 0 Å². The Hall–Kier alpha value is -3.00. The summed E-state index contributed by atoms with van der Waals surface area (Å²) in [4.78, 5) is 24.7. The third-order valence-corrected chi connectivity index (χ3v) is 4.65. The fourth-order valence-electron chi connectivity index (χ4n) is 3.29. The molecule has 0 fully saturated rings. The molecule has 1 aliphatic rings. The highest BCUT2D eigenvalue weighted by molar-refractivity contribution is 5.57. The van der Waals surface area contributed by atoms with E-state index in [1.54, 1.807) is 6.20 Å². The zero-order chi connectivity index (χ0) is 19.0. The minimum atomic E-state index is -0.645. The molecular weight excluding hydrogens is 354 g/mol. The molecule has 1 aromatic carbocycles. The molecule has 0 aliphatic carbocycles. The van der Waals surface area contributed by atoms with Gasteiger partial charge < -0.3 is 14.7 Å². The Kier molecular flexibility index (Phi) is 4.49. The van der Waals surface area contributed by atoms with Crippen molar-refractivity contribution in [2.75, 3.05) is 13.7 Å². The molecule has 6 nitrogen and oxygen atoms in total. The maximum absolute atomic E-state index is 14.0. The first-order valence-corrected chi connectivity index (χ1v) is 8.54. The summed E-state index contributed by atoms with van der Waals surface area (Å²) in [6.45, 7) is 1.92. The van der Waals surface area contributed by atoms with E-state index in [-0.39, 0.29) is 16.7 Å². The topological polar surface area (TPSA) is 74.0 Å². The second-order valence-electron chi connectivity index (χ2n) is 6.49. The number of hydrogen-bond donors (Lipinski definition) is 2. The van der Waals surface area contributed by atoms with Crippen LogP contribution in [0, 0.1) is 11.6 Å². The first kappa shape index (κ1) is 17.4. The minimum absolute atomic E-state index is 0.167. The highest BCUT2D eigenvalue weighted by Crippen LogP contribution is 2.25. The summed E-state index contributed by atoms with van der Waals surface area (Å²) in [5, 5.41) is 0. The van der Waals surface area contributed by atoms with Gasteiger partial charge in [0.05, 0.1) is 24.1 Å². The number of hydrogen-bond acceptors (Lipinski definition) is 4. The molecule has 8 heteroatoms. The van der Waals surface area contributed by atoms with Crippen molar-refractivity contribution in [3.05, 3.63) is 69.4 Å². The molecule has 0 unspecified atom stereocenters. The fourth-order valence-corrected chi connectivity index (χ4v) is 3.29. The van der Waals surface area contributed by atoms with Gasteiger partial charge in [0.1, 0.15) is 17.5 Å². The van der Waals surface area contributed by atoms with Gasteiger partial charge >= 0.3 is 0 Å². The Balaban J connectivity index is 1.52. The number of fused-ring (bicyclic) bond motifs is 1. The van der Waals surface area contributed by atoms with Crippen LogP contribution in [0.3, 0.4) is 0 Å². The number of nitrogens with one attached hydrogen (secondary N) is 2. The van der Waals surface area contributed by atoms with Gasteiger partial charge in [-0.3, -0.25) is 9.69 Å². The van der Waals surface area contributed by atoms with E-state index >= 15 is 0 Å². The van der Waals surface area contributed by atoms with Crippen molar-refractivity contribution in [2.24, 2.45) is 0 Å². The Bertz CT molecular complexity index is 1040. The van der Waals surface area contributed by atoms with E-state index in [9.17, 15) is 13.6 Å². The van der Waals surface area contributed by atoms with Crippen molar-refractivity contribution in [1.29, 1.82) is 0 Å². The van der Waals surface area contributed by atoms with Gasteiger partial charge in [-0.2, -0.15) is 0 Å². The number of aromatic amines is 2. The molecule has 0 saturated heterocycles. The molecule has 2 N–H and O–H groups in total. The first-order chi connectivity index (χ1) is 13.0. The maximum Gasteiger partial charge on any atom is 0.223 e. The average Bonchev–Trinajstić information content (AvgIpc) is 3.05. The van der Waals surface area contributed by atoms with Crippen LogP contribution in [0.4, 0.5) is 8.78 Å². The molecular formula is C19H18F2N4O2. The zero-order valence-corrected chi connectivity index (χ0v) is 14.7. The zero-order valence-electron chi connectivity index (χ0n) is 14.7. The van der Waals surface area contributed by atoms with Crippen molar-refractivity contribution in [3.8, 4) is 17.1 Å². The summed E-state index contributed by atoms with van der Waals surface area (Å²) < 4.78 is 32.1. The molecule has 3 heterocycles. The van der Waals surface area contributed by atoms with Crippen molar-refractivity contribution in [1.82, 2.24) is 19.9 Å². The molecule has 0 spiro atoms. The number of benzene rings is 1. The number of nitrogens with zero attached hydrogens (tertiary/aromatic N) is 2. The van der Waals surface area contributed by atoms with Gasteiger partial charge in [-0.1, -0.05) is 0 Å². The van der Waals surface area contributed by atoms with Gasteiger partial charge in [0.25, 0.3) is 0 Å². The molecule has 4 rings (SSSR count). The summed E-state index contributed by atoms with van der Waals surface area (Å²) in [5.41, 5.74) is 2.65. The van der Waals surface area contributed by atoms with E-state index in [0.29, 0.717) is 25.3 Å².